The SMILES string of the molecule is NC(=O)CNC(=O)[C@@H](Cc1ccc(O)cc1)NCCCCCNC(=O)[C@H](N)Cc1csc2ccccc12. The molecule has 37 heavy (non-hydrogen) atoms. The van der Waals surface area contributed by atoms with Crippen molar-refractivity contribution in [2.45, 2.75) is 44.2 Å². The molecule has 8 N–H and O–H groups in total. The summed E-state index contributed by atoms with van der Waals surface area (Å²) < 4.78 is 1.19. The number of unbranched alkanes of at least 4 members (excludes halogenated alkanes) is 2. The van der Waals surface area contributed by atoms with Gasteiger partial charge in [-0.05, 0) is 72.3 Å². The molecule has 0 aliphatic heterocycles. The molecule has 0 saturated heterocycles. The largest absolute Gasteiger partial charge is 0.508 e. The minimum atomic E-state index is -0.609. The summed E-state index contributed by atoms with van der Waals surface area (Å²) in [5.41, 5.74) is 13.2. The lowest BCUT2D eigenvalue weighted by Gasteiger charge is -2.18. The van der Waals surface area contributed by atoms with E-state index in [-0.39, 0.29) is 24.1 Å². The molecule has 9 nitrogen and oxygen atoms in total. The van der Waals surface area contributed by atoms with Crippen molar-refractivity contribution in [2.75, 3.05) is 19.6 Å². The van der Waals surface area contributed by atoms with E-state index in [9.17, 15) is 19.5 Å². The first-order valence-corrected chi connectivity index (χ1v) is 13.3. The molecule has 198 valence electrons. The van der Waals surface area contributed by atoms with E-state index in [1.807, 2.05) is 12.1 Å². The molecule has 1 aromatic heterocycles. The number of rotatable bonds is 15. The molecule has 0 spiro atoms. The molecule has 0 aliphatic rings. The van der Waals surface area contributed by atoms with Crippen LogP contribution in [0.15, 0.2) is 53.9 Å². The van der Waals surface area contributed by atoms with Crippen LogP contribution in [0, 0.1) is 0 Å². The molecule has 0 radical (unpaired) electrons. The van der Waals surface area contributed by atoms with Gasteiger partial charge in [-0.25, -0.2) is 0 Å². The third-order valence-electron chi connectivity index (χ3n) is 6.01. The van der Waals surface area contributed by atoms with Gasteiger partial charge in [-0.15, -0.1) is 11.3 Å². The van der Waals surface area contributed by atoms with Crippen molar-refractivity contribution in [1.29, 1.82) is 0 Å². The number of phenolic OH excluding ortho intramolecular Hbond substituents is 1. The van der Waals surface area contributed by atoms with E-state index >= 15 is 0 Å². The Kier molecular flexibility index (Phi) is 10.9. The van der Waals surface area contributed by atoms with Gasteiger partial charge in [0.05, 0.1) is 18.6 Å². The molecule has 0 saturated carbocycles. The maximum absolute atomic E-state index is 12.5. The Bertz CT molecular complexity index is 1180. The lowest BCUT2D eigenvalue weighted by molar-refractivity contribution is -0.126. The predicted octanol–water partition coefficient (Wildman–Crippen LogP) is 1.57. The second kappa shape index (κ2) is 14.3. The fourth-order valence-electron chi connectivity index (χ4n) is 3.99. The normalized spacial score (nSPS) is 12.7. The van der Waals surface area contributed by atoms with E-state index in [0.29, 0.717) is 25.9 Å². The highest BCUT2D eigenvalue weighted by Crippen LogP contribution is 2.26. The summed E-state index contributed by atoms with van der Waals surface area (Å²) in [7, 11) is 0. The minimum Gasteiger partial charge on any atom is -0.508 e. The fourth-order valence-corrected chi connectivity index (χ4v) is 4.96. The number of nitrogens with one attached hydrogen (secondary N) is 3. The molecule has 2 aromatic carbocycles. The summed E-state index contributed by atoms with van der Waals surface area (Å²) in [6.07, 6.45) is 3.35. The van der Waals surface area contributed by atoms with Crippen LogP contribution in [0.4, 0.5) is 0 Å². The van der Waals surface area contributed by atoms with Gasteiger partial charge in [0.15, 0.2) is 0 Å². The van der Waals surface area contributed by atoms with Gasteiger partial charge in [0.2, 0.25) is 17.7 Å². The highest BCUT2D eigenvalue weighted by molar-refractivity contribution is 7.17. The maximum Gasteiger partial charge on any atom is 0.237 e. The number of fused-ring (bicyclic) bond motifs is 1. The van der Waals surface area contributed by atoms with Gasteiger partial charge in [0, 0.05) is 11.2 Å². The Morgan fingerprint density at radius 1 is 0.892 bits per heavy atom. The van der Waals surface area contributed by atoms with E-state index in [0.717, 1.165) is 35.8 Å². The quantitative estimate of drug-likeness (QED) is 0.165. The van der Waals surface area contributed by atoms with Gasteiger partial charge < -0.3 is 32.5 Å². The van der Waals surface area contributed by atoms with Crippen LogP contribution in [0.1, 0.15) is 30.4 Å². The second-order valence-corrected chi connectivity index (χ2v) is 9.89. The van der Waals surface area contributed by atoms with Crippen LogP contribution in [-0.4, -0.2) is 54.5 Å². The number of thiophene rings is 1. The average Bonchev–Trinajstić information content (AvgIpc) is 3.29. The smallest absolute Gasteiger partial charge is 0.237 e. The van der Waals surface area contributed by atoms with Crippen molar-refractivity contribution in [1.82, 2.24) is 16.0 Å². The van der Waals surface area contributed by atoms with Gasteiger partial charge in [-0.2, -0.15) is 0 Å². The van der Waals surface area contributed by atoms with E-state index in [2.05, 4.69) is 33.5 Å². The van der Waals surface area contributed by atoms with E-state index in [1.54, 1.807) is 35.6 Å². The third kappa shape index (κ3) is 9.16. The molecule has 0 bridgehead atoms. The monoisotopic (exact) mass is 525 g/mol. The van der Waals surface area contributed by atoms with E-state index in [4.69, 9.17) is 11.5 Å². The highest BCUT2D eigenvalue weighted by atomic mass is 32.1. The number of carbonyl (C=O) groups excluding carboxylic acids is 3. The number of carbonyl (C=O) groups is 3. The van der Waals surface area contributed by atoms with Crippen molar-refractivity contribution in [3.05, 3.63) is 65.0 Å². The van der Waals surface area contributed by atoms with Crippen molar-refractivity contribution in [3.63, 3.8) is 0 Å². The molecule has 3 amide bonds. The third-order valence-corrected chi connectivity index (χ3v) is 7.02. The standard InChI is InChI=1S/C27H35N5O4S/c28-22(15-19-17-37-24-7-3-2-6-21(19)24)26(35)31-13-5-1-4-12-30-23(27(36)32-16-25(29)34)14-18-8-10-20(33)11-9-18/h2-3,6-11,17,22-23,30,33H,1,4-5,12-16,28H2,(H2,29,34)(H,31,35)(H,32,36)/t22-,23-/m1/s1. The topological polar surface area (TPSA) is 160 Å². The van der Waals surface area contributed by atoms with E-state index < -0.39 is 18.0 Å². The number of aromatic hydroxyl groups is 1. The first-order valence-electron chi connectivity index (χ1n) is 12.4. The van der Waals surface area contributed by atoms with Crippen LogP contribution in [0.25, 0.3) is 10.1 Å². The summed E-state index contributed by atoms with van der Waals surface area (Å²) in [6.45, 7) is 0.898. The van der Waals surface area contributed by atoms with E-state index in [1.165, 1.54) is 4.70 Å². The summed E-state index contributed by atoms with van der Waals surface area (Å²) in [4.78, 5) is 36.0. The fraction of sp³-hybridized carbons (Fsp3) is 0.370. The molecular weight excluding hydrogens is 490 g/mol. The number of phenols is 1. The van der Waals surface area contributed by atoms with Crippen LogP contribution in [0.2, 0.25) is 0 Å². The van der Waals surface area contributed by atoms with Crippen molar-refractivity contribution in [2.24, 2.45) is 11.5 Å². The van der Waals surface area contributed by atoms with Gasteiger partial charge in [-0.1, -0.05) is 36.8 Å². The van der Waals surface area contributed by atoms with Crippen molar-refractivity contribution < 1.29 is 19.5 Å². The Morgan fingerprint density at radius 2 is 1.62 bits per heavy atom. The number of benzene rings is 2. The summed E-state index contributed by atoms with van der Waals surface area (Å²) in [5, 5.41) is 21.4. The first kappa shape index (κ1) is 28.1. The zero-order valence-corrected chi connectivity index (χ0v) is 21.6. The van der Waals surface area contributed by atoms with Crippen molar-refractivity contribution >= 4 is 39.1 Å². The summed E-state index contributed by atoms with van der Waals surface area (Å²) in [5.74, 6) is -0.929. The lowest BCUT2D eigenvalue weighted by Crippen LogP contribution is -2.48. The van der Waals surface area contributed by atoms with Crippen LogP contribution < -0.4 is 27.4 Å². The number of primary amides is 1. The number of hydrogen-bond donors (Lipinski definition) is 6. The zero-order valence-electron chi connectivity index (χ0n) is 20.7. The molecule has 10 heteroatoms. The lowest BCUT2D eigenvalue weighted by atomic mass is 10.0. The Balaban J connectivity index is 1.36. The Morgan fingerprint density at radius 3 is 2.38 bits per heavy atom. The Hall–Kier alpha value is -3.47. The summed E-state index contributed by atoms with van der Waals surface area (Å²) in [6, 6.07) is 13.6. The molecule has 0 aliphatic carbocycles. The van der Waals surface area contributed by atoms with Crippen LogP contribution in [0.5, 0.6) is 5.75 Å². The Labute approximate surface area is 220 Å². The second-order valence-electron chi connectivity index (χ2n) is 8.98. The zero-order chi connectivity index (χ0) is 26.6. The van der Waals surface area contributed by atoms with Crippen molar-refractivity contribution in [3.8, 4) is 5.75 Å². The number of hydrogen-bond acceptors (Lipinski definition) is 7. The summed E-state index contributed by atoms with van der Waals surface area (Å²) >= 11 is 1.66. The van der Waals surface area contributed by atoms with Gasteiger partial charge in [0.25, 0.3) is 0 Å². The molecule has 3 aromatic rings. The number of nitrogens with two attached hydrogens (primary N) is 2. The van der Waals surface area contributed by atoms with Gasteiger partial charge in [0.1, 0.15) is 5.75 Å². The molecule has 2 atom stereocenters. The molecular formula is C27H35N5O4S. The molecule has 0 fully saturated rings. The van der Waals surface area contributed by atoms with Crippen LogP contribution in [-0.2, 0) is 27.2 Å². The minimum absolute atomic E-state index is 0.152. The van der Waals surface area contributed by atoms with Gasteiger partial charge in [-0.3, -0.25) is 14.4 Å². The highest BCUT2D eigenvalue weighted by Gasteiger charge is 2.19. The molecule has 0 unspecified atom stereocenters. The van der Waals surface area contributed by atoms with Gasteiger partial charge >= 0.3 is 0 Å². The molecule has 3 rings (SSSR count). The predicted molar refractivity (Wildman–Crippen MR) is 146 cm³/mol. The average molecular weight is 526 g/mol. The maximum atomic E-state index is 12.5. The molecule has 1 heterocycles. The first-order chi connectivity index (χ1) is 17.8. The number of amides is 3. The van der Waals surface area contributed by atoms with Crippen LogP contribution >= 0.6 is 11.3 Å². The van der Waals surface area contributed by atoms with Crippen LogP contribution in [0.3, 0.4) is 0 Å².